The number of carbonyl (C=O) groups excluding carboxylic acids is 2. The summed E-state index contributed by atoms with van der Waals surface area (Å²) >= 11 is 0. The molecule has 1 saturated heterocycles. The average Bonchev–Trinajstić information content (AvgIpc) is 2.62. The molecule has 1 fully saturated rings. The SMILES string of the molecule is CNC(=O)[C@@H]1CCCN1C(=O)C(C)(C)C. The zero-order chi connectivity index (χ0) is 11.6. The van der Waals surface area contributed by atoms with Crippen LogP contribution >= 0.6 is 0 Å². The van der Waals surface area contributed by atoms with Gasteiger partial charge in [-0.25, -0.2) is 0 Å². The van der Waals surface area contributed by atoms with Crippen LogP contribution in [0.5, 0.6) is 0 Å². The topological polar surface area (TPSA) is 49.4 Å². The van der Waals surface area contributed by atoms with Gasteiger partial charge in [-0.05, 0) is 12.8 Å². The first-order valence-electron chi connectivity index (χ1n) is 5.40. The smallest absolute Gasteiger partial charge is 0.242 e. The third kappa shape index (κ3) is 2.49. The largest absolute Gasteiger partial charge is 0.357 e. The molecule has 2 amide bonds. The zero-order valence-corrected chi connectivity index (χ0v) is 9.96. The predicted octanol–water partition coefficient (Wildman–Crippen LogP) is 0.769. The van der Waals surface area contributed by atoms with Gasteiger partial charge in [0, 0.05) is 19.0 Å². The summed E-state index contributed by atoms with van der Waals surface area (Å²) in [7, 11) is 1.61. The molecule has 0 aromatic heterocycles. The lowest BCUT2D eigenvalue weighted by molar-refractivity contribution is -0.144. The van der Waals surface area contributed by atoms with E-state index in [2.05, 4.69) is 5.32 Å². The van der Waals surface area contributed by atoms with E-state index in [0.717, 1.165) is 12.8 Å². The summed E-state index contributed by atoms with van der Waals surface area (Å²) in [6.07, 6.45) is 1.70. The molecule has 0 unspecified atom stereocenters. The molecule has 0 radical (unpaired) electrons. The minimum Gasteiger partial charge on any atom is -0.357 e. The number of nitrogens with one attached hydrogen (secondary N) is 1. The van der Waals surface area contributed by atoms with Gasteiger partial charge in [-0.2, -0.15) is 0 Å². The molecule has 4 heteroatoms. The highest BCUT2D eigenvalue weighted by Crippen LogP contribution is 2.25. The first-order valence-corrected chi connectivity index (χ1v) is 5.40. The first kappa shape index (κ1) is 12.0. The Bertz CT molecular complexity index is 268. The number of likely N-dealkylation sites (N-methyl/N-ethyl adjacent to an activating group) is 1. The zero-order valence-electron chi connectivity index (χ0n) is 9.96. The summed E-state index contributed by atoms with van der Waals surface area (Å²) in [5, 5.41) is 2.61. The van der Waals surface area contributed by atoms with Gasteiger partial charge < -0.3 is 10.2 Å². The standard InChI is InChI=1S/C11H20N2O2/c1-11(2,3)10(15)13-7-5-6-8(13)9(14)12-4/h8H,5-7H2,1-4H3,(H,12,14)/t8-/m0/s1. The van der Waals surface area contributed by atoms with Crippen LogP contribution in [0.2, 0.25) is 0 Å². The van der Waals surface area contributed by atoms with E-state index in [1.807, 2.05) is 20.8 Å². The van der Waals surface area contributed by atoms with E-state index in [-0.39, 0.29) is 17.9 Å². The van der Waals surface area contributed by atoms with Gasteiger partial charge in [0.1, 0.15) is 6.04 Å². The van der Waals surface area contributed by atoms with Gasteiger partial charge in [-0.15, -0.1) is 0 Å². The minimum absolute atomic E-state index is 0.0508. The lowest BCUT2D eigenvalue weighted by atomic mass is 9.94. The average molecular weight is 212 g/mol. The Kier molecular flexibility index (Phi) is 3.37. The van der Waals surface area contributed by atoms with Gasteiger partial charge in [0.25, 0.3) is 0 Å². The van der Waals surface area contributed by atoms with Gasteiger partial charge in [0.05, 0.1) is 0 Å². The van der Waals surface area contributed by atoms with Crippen LogP contribution in [0.3, 0.4) is 0 Å². The second-order valence-electron chi connectivity index (χ2n) is 5.02. The van der Waals surface area contributed by atoms with Gasteiger partial charge in [-0.3, -0.25) is 9.59 Å². The number of hydrogen-bond acceptors (Lipinski definition) is 2. The van der Waals surface area contributed by atoms with Gasteiger partial charge in [0.2, 0.25) is 11.8 Å². The number of amides is 2. The predicted molar refractivity (Wildman–Crippen MR) is 58.3 cm³/mol. The monoisotopic (exact) mass is 212 g/mol. The molecule has 1 rings (SSSR count). The van der Waals surface area contributed by atoms with Crippen LogP contribution < -0.4 is 5.32 Å². The Balaban J connectivity index is 2.77. The second kappa shape index (κ2) is 4.21. The molecular weight excluding hydrogens is 192 g/mol. The van der Waals surface area contributed by atoms with Crippen molar-refractivity contribution in [1.82, 2.24) is 10.2 Å². The molecule has 15 heavy (non-hydrogen) atoms. The quantitative estimate of drug-likeness (QED) is 0.698. The van der Waals surface area contributed by atoms with Gasteiger partial charge in [-0.1, -0.05) is 20.8 Å². The van der Waals surface area contributed by atoms with Gasteiger partial charge in [0.15, 0.2) is 0 Å². The second-order valence-corrected chi connectivity index (χ2v) is 5.02. The third-order valence-electron chi connectivity index (χ3n) is 2.70. The van der Waals surface area contributed by atoms with Crippen molar-refractivity contribution in [1.29, 1.82) is 0 Å². The molecule has 1 atom stereocenters. The molecule has 0 aromatic rings. The Hall–Kier alpha value is -1.06. The molecule has 0 spiro atoms. The highest BCUT2D eigenvalue weighted by atomic mass is 16.2. The number of hydrogen-bond donors (Lipinski definition) is 1. The maximum atomic E-state index is 12.0. The third-order valence-corrected chi connectivity index (χ3v) is 2.70. The van der Waals surface area contributed by atoms with E-state index < -0.39 is 5.41 Å². The molecule has 1 aliphatic rings. The van der Waals surface area contributed by atoms with Crippen LogP contribution in [0.25, 0.3) is 0 Å². The van der Waals surface area contributed by atoms with E-state index in [9.17, 15) is 9.59 Å². The molecule has 4 nitrogen and oxygen atoms in total. The summed E-state index contributed by atoms with van der Waals surface area (Å²) in [6.45, 7) is 6.35. The Labute approximate surface area is 91.0 Å². The van der Waals surface area contributed by atoms with Crippen molar-refractivity contribution >= 4 is 11.8 Å². The van der Waals surface area contributed by atoms with Crippen LogP contribution in [0.15, 0.2) is 0 Å². The van der Waals surface area contributed by atoms with Crippen molar-refractivity contribution in [3.8, 4) is 0 Å². The molecule has 1 heterocycles. The van der Waals surface area contributed by atoms with Gasteiger partial charge >= 0.3 is 0 Å². The number of rotatable bonds is 1. The Morgan fingerprint density at radius 1 is 1.33 bits per heavy atom. The molecule has 1 aliphatic heterocycles. The molecule has 0 saturated carbocycles. The minimum atomic E-state index is -0.406. The fourth-order valence-electron chi connectivity index (χ4n) is 1.88. The lowest BCUT2D eigenvalue weighted by Gasteiger charge is -2.29. The summed E-state index contributed by atoms with van der Waals surface area (Å²) < 4.78 is 0. The summed E-state index contributed by atoms with van der Waals surface area (Å²) in [4.78, 5) is 25.3. The van der Waals surface area contributed by atoms with E-state index in [1.54, 1.807) is 11.9 Å². The normalized spacial score (nSPS) is 21.6. The van der Waals surface area contributed by atoms with Crippen molar-refractivity contribution in [2.75, 3.05) is 13.6 Å². The Morgan fingerprint density at radius 2 is 1.93 bits per heavy atom. The van der Waals surface area contributed by atoms with Crippen LogP contribution in [0, 0.1) is 5.41 Å². The van der Waals surface area contributed by atoms with Crippen molar-refractivity contribution < 1.29 is 9.59 Å². The van der Waals surface area contributed by atoms with Crippen molar-refractivity contribution in [2.45, 2.75) is 39.7 Å². The number of carbonyl (C=O) groups is 2. The fourth-order valence-corrected chi connectivity index (χ4v) is 1.88. The van der Waals surface area contributed by atoms with Crippen LogP contribution in [-0.4, -0.2) is 36.3 Å². The fraction of sp³-hybridized carbons (Fsp3) is 0.818. The highest BCUT2D eigenvalue weighted by molar-refractivity contribution is 5.90. The number of nitrogens with zero attached hydrogens (tertiary/aromatic N) is 1. The molecular formula is C11H20N2O2. The maximum Gasteiger partial charge on any atom is 0.242 e. The lowest BCUT2D eigenvalue weighted by Crippen LogP contribution is -2.48. The summed E-state index contributed by atoms with van der Waals surface area (Å²) in [5.74, 6) is 0.0127. The summed E-state index contributed by atoms with van der Waals surface area (Å²) in [6, 6.07) is -0.262. The van der Waals surface area contributed by atoms with Crippen LogP contribution in [0.1, 0.15) is 33.6 Å². The maximum absolute atomic E-state index is 12.0. The number of likely N-dealkylation sites (tertiary alicyclic amines) is 1. The molecule has 0 aromatic carbocycles. The molecule has 1 N–H and O–H groups in total. The molecule has 86 valence electrons. The van der Waals surface area contributed by atoms with E-state index in [1.165, 1.54) is 0 Å². The van der Waals surface area contributed by atoms with E-state index in [4.69, 9.17) is 0 Å². The van der Waals surface area contributed by atoms with E-state index in [0.29, 0.717) is 6.54 Å². The van der Waals surface area contributed by atoms with Crippen LogP contribution in [-0.2, 0) is 9.59 Å². The Morgan fingerprint density at radius 3 is 2.40 bits per heavy atom. The molecule has 0 aliphatic carbocycles. The van der Waals surface area contributed by atoms with Crippen molar-refractivity contribution in [3.05, 3.63) is 0 Å². The van der Waals surface area contributed by atoms with E-state index >= 15 is 0 Å². The van der Waals surface area contributed by atoms with Crippen molar-refractivity contribution in [2.24, 2.45) is 5.41 Å². The molecule has 0 bridgehead atoms. The van der Waals surface area contributed by atoms with Crippen LogP contribution in [0.4, 0.5) is 0 Å². The highest BCUT2D eigenvalue weighted by Gasteiger charge is 2.37. The summed E-state index contributed by atoms with van der Waals surface area (Å²) in [5.41, 5.74) is -0.406. The first-order chi connectivity index (χ1) is 6.88. The van der Waals surface area contributed by atoms with Crippen molar-refractivity contribution in [3.63, 3.8) is 0 Å².